The number of Topliss-reactive ketones (excluding diaryl/α,β-unsaturated/α-hetero) is 1. The molecule has 0 aromatic carbocycles. The smallest absolute Gasteiger partial charge is 0.306 e. The van der Waals surface area contributed by atoms with E-state index in [1.807, 2.05) is 0 Å². The van der Waals surface area contributed by atoms with Crippen LogP contribution in [0.15, 0.2) is 11.6 Å². The Hall–Kier alpha value is -1.16. The van der Waals surface area contributed by atoms with E-state index < -0.39 is 6.10 Å². The largest absolute Gasteiger partial charge is 0.462 e. The average molecular weight is 417 g/mol. The second kappa shape index (κ2) is 8.41. The summed E-state index contributed by atoms with van der Waals surface area (Å²) < 4.78 is 5.83. The highest BCUT2D eigenvalue weighted by molar-refractivity contribution is 5.87. The maximum atomic E-state index is 12.6. The molecule has 0 aromatic heterocycles. The van der Waals surface area contributed by atoms with Crippen LogP contribution in [0.25, 0.3) is 0 Å². The number of unbranched alkanes of at least 4 members (excludes halogenated alkanes) is 3. The minimum atomic E-state index is -0.475. The van der Waals surface area contributed by atoms with Crippen molar-refractivity contribution in [2.24, 2.45) is 28.6 Å². The van der Waals surface area contributed by atoms with Crippen molar-refractivity contribution in [2.45, 2.75) is 110 Å². The first-order valence-electron chi connectivity index (χ1n) is 12.4. The first kappa shape index (κ1) is 22.0. The number of ketones is 1. The average Bonchev–Trinajstić information content (AvgIpc) is 3.01. The van der Waals surface area contributed by atoms with E-state index in [9.17, 15) is 14.7 Å². The van der Waals surface area contributed by atoms with E-state index in [1.165, 1.54) is 18.4 Å². The highest BCUT2D eigenvalue weighted by Crippen LogP contribution is 2.64. The molecular formula is C26H40O4. The maximum absolute atomic E-state index is 12.6. The Balaban J connectivity index is 1.44. The molecule has 4 nitrogen and oxygen atoms in total. The van der Waals surface area contributed by atoms with E-state index in [0.717, 1.165) is 51.4 Å². The number of aliphatic hydroxyl groups excluding tert-OH is 1. The molecule has 1 N–H and O–H groups in total. The van der Waals surface area contributed by atoms with Crippen molar-refractivity contribution >= 4 is 11.8 Å². The quantitative estimate of drug-likeness (QED) is 0.359. The first-order valence-corrected chi connectivity index (χ1v) is 12.4. The predicted octanol–water partition coefficient (Wildman–Crippen LogP) is 5.37. The molecule has 0 aromatic rings. The SMILES string of the molecule is CCCCCCC(=O)O[C@H]1CC[C@@]2(C)C(=CC(O)C3C2CC[C@]2(C)C(=O)CCC32)C1. The fourth-order valence-corrected chi connectivity index (χ4v) is 7.43. The number of hydrogen-bond acceptors (Lipinski definition) is 4. The van der Waals surface area contributed by atoms with Crippen LogP contribution >= 0.6 is 0 Å². The van der Waals surface area contributed by atoms with Crippen LogP contribution in [0.5, 0.6) is 0 Å². The Morgan fingerprint density at radius 3 is 2.60 bits per heavy atom. The molecule has 0 aliphatic heterocycles. The van der Waals surface area contributed by atoms with Gasteiger partial charge in [0.05, 0.1) is 6.10 Å². The van der Waals surface area contributed by atoms with Gasteiger partial charge in [0.2, 0.25) is 0 Å². The zero-order valence-corrected chi connectivity index (χ0v) is 19.1. The van der Waals surface area contributed by atoms with Crippen LogP contribution in [-0.4, -0.2) is 29.1 Å². The summed E-state index contributed by atoms with van der Waals surface area (Å²) in [5.41, 5.74) is 1.13. The number of rotatable bonds is 6. The van der Waals surface area contributed by atoms with Gasteiger partial charge in [-0.1, -0.05) is 51.7 Å². The lowest BCUT2D eigenvalue weighted by Crippen LogP contribution is -2.54. The first-order chi connectivity index (χ1) is 14.3. The Kier molecular flexibility index (Phi) is 6.18. The van der Waals surface area contributed by atoms with Gasteiger partial charge in [-0.25, -0.2) is 0 Å². The minimum Gasteiger partial charge on any atom is -0.462 e. The predicted molar refractivity (Wildman–Crippen MR) is 117 cm³/mol. The summed E-state index contributed by atoms with van der Waals surface area (Å²) in [6.45, 7) is 6.69. The van der Waals surface area contributed by atoms with Crippen LogP contribution in [0.1, 0.15) is 97.8 Å². The molecule has 4 aliphatic carbocycles. The third-order valence-corrected chi connectivity index (χ3v) is 9.33. The van der Waals surface area contributed by atoms with Gasteiger partial charge in [0, 0.05) is 24.7 Å². The molecule has 4 heteroatoms. The Morgan fingerprint density at radius 2 is 1.83 bits per heavy atom. The number of hydrogen-bond donors (Lipinski definition) is 1. The van der Waals surface area contributed by atoms with Gasteiger partial charge < -0.3 is 9.84 Å². The van der Waals surface area contributed by atoms with Gasteiger partial charge in [0.25, 0.3) is 0 Å². The summed E-state index contributed by atoms with van der Waals surface area (Å²) in [6, 6.07) is 0. The molecule has 0 spiro atoms. The van der Waals surface area contributed by atoms with Gasteiger partial charge in [-0.05, 0) is 61.7 Å². The highest BCUT2D eigenvalue weighted by Gasteiger charge is 2.60. The van der Waals surface area contributed by atoms with E-state index in [-0.39, 0.29) is 28.8 Å². The van der Waals surface area contributed by atoms with Crippen LogP contribution in [0.4, 0.5) is 0 Å². The molecule has 4 unspecified atom stereocenters. The summed E-state index contributed by atoms with van der Waals surface area (Å²) in [6.07, 6.45) is 12.7. The van der Waals surface area contributed by atoms with Crippen LogP contribution in [-0.2, 0) is 14.3 Å². The van der Waals surface area contributed by atoms with Crippen molar-refractivity contribution < 1.29 is 19.4 Å². The lowest BCUT2D eigenvalue weighted by molar-refractivity contribution is -0.152. The van der Waals surface area contributed by atoms with E-state index >= 15 is 0 Å². The maximum Gasteiger partial charge on any atom is 0.306 e. The summed E-state index contributed by atoms with van der Waals surface area (Å²) in [5, 5.41) is 11.1. The standard InChI is InChI=1S/C26H40O4/c1-4-5-6-7-8-23(29)30-18-11-13-25(2)17(15-18)16-21(27)24-19-9-10-22(28)26(19,3)14-12-20(24)25/h16,18-21,24,27H,4-15H2,1-3H3/t18-,19?,20?,21?,24?,25-,26-/m0/s1. The molecule has 4 aliphatic rings. The Morgan fingerprint density at radius 1 is 1.10 bits per heavy atom. The van der Waals surface area contributed by atoms with E-state index in [2.05, 4.69) is 26.8 Å². The van der Waals surface area contributed by atoms with E-state index in [1.54, 1.807) is 0 Å². The second-order valence-electron chi connectivity index (χ2n) is 11.0. The van der Waals surface area contributed by atoms with Gasteiger partial charge in [-0.2, -0.15) is 0 Å². The molecule has 3 saturated carbocycles. The lowest BCUT2D eigenvalue weighted by atomic mass is 9.47. The van der Waals surface area contributed by atoms with Crippen molar-refractivity contribution in [3.63, 3.8) is 0 Å². The van der Waals surface area contributed by atoms with Crippen LogP contribution in [0.2, 0.25) is 0 Å². The Bertz CT molecular complexity index is 712. The lowest BCUT2D eigenvalue weighted by Gasteiger charge is -2.58. The van der Waals surface area contributed by atoms with Gasteiger partial charge >= 0.3 is 5.97 Å². The zero-order valence-electron chi connectivity index (χ0n) is 19.1. The summed E-state index contributed by atoms with van der Waals surface area (Å²) in [7, 11) is 0. The number of esters is 1. The number of fused-ring (bicyclic) bond motifs is 5. The fourth-order valence-electron chi connectivity index (χ4n) is 7.43. The molecule has 0 radical (unpaired) electrons. The molecule has 168 valence electrons. The summed E-state index contributed by atoms with van der Waals surface area (Å²) >= 11 is 0. The van der Waals surface area contributed by atoms with E-state index in [0.29, 0.717) is 30.5 Å². The number of aliphatic hydroxyl groups is 1. The van der Waals surface area contributed by atoms with Crippen molar-refractivity contribution in [1.82, 2.24) is 0 Å². The van der Waals surface area contributed by atoms with Crippen LogP contribution in [0.3, 0.4) is 0 Å². The highest BCUT2D eigenvalue weighted by atomic mass is 16.5. The third kappa shape index (κ3) is 3.67. The van der Waals surface area contributed by atoms with Crippen molar-refractivity contribution in [3.8, 4) is 0 Å². The van der Waals surface area contributed by atoms with Gasteiger partial charge in [0.15, 0.2) is 0 Å². The van der Waals surface area contributed by atoms with Crippen LogP contribution < -0.4 is 0 Å². The number of carbonyl (C=O) groups is 2. The van der Waals surface area contributed by atoms with Crippen molar-refractivity contribution in [3.05, 3.63) is 11.6 Å². The third-order valence-electron chi connectivity index (χ3n) is 9.33. The van der Waals surface area contributed by atoms with Gasteiger partial charge in [-0.3, -0.25) is 9.59 Å². The number of ether oxygens (including phenoxy) is 1. The summed E-state index contributed by atoms with van der Waals surface area (Å²) in [5.74, 6) is 1.29. The zero-order chi connectivity index (χ0) is 21.5. The fraction of sp³-hybridized carbons (Fsp3) is 0.846. The minimum absolute atomic E-state index is 0.0475. The molecule has 30 heavy (non-hydrogen) atoms. The molecule has 3 fully saturated rings. The Labute approximate surface area is 181 Å². The van der Waals surface area contributed by atoms with Gasteiger partial charge in [0.1, 0.15) is 11.9 Å². The molecular weight excluding hydrogens is 376 g/mol. The second-order valence-corrected chi connectivity index (χ2v) is 11.0. The monoisotopic (exact) mass is 416 g/mol. The molecule has 7 atom stereocenters. The molecule has 0 bridgehead atoms. The van der Waals surface area contributed by atoms with Crippen molar-refractivity contribution in [1.29, 1.82) is 0 Å². The normalized spacial score (nSPS) is 42.7. The number of carbonyl (C=O) groups excluding carboxylic acids is 2. The molecule has 0 heterocycles. The topological polar surface area (TPSA) is 63.6 Å². The van der Waals surface area contributed by atoms with E-state index in [4.69, 9.17) is 4.74 Å². The van der Waals surface area contributed by atoms with Crippen LogP contribution in [0, 0.1) is 28.6 Å². The molecule has 4 rings (SSSR count). The molecule has 0 saturated heterocycles. The molecule has 0 amide bonds. The summed E-state index contributed by atoms with van der Waals surface area (Å²) in [4.78, 5) is 24.9. The van der Waals surface area contributed by atoms with Crippen molar-refractivity contribution in [2.75, 3.05) is 0 Å². The van der Waals surface area contributed by atoms with Gasteiger partial charge in [-0.15, -0.1) is 0 Å².